The van der Waals surface area contributed by atoms with Crippen molar-refractivity contribution in [2.75, 3.05) is 18.4 Å². The highest BCUT2D eigenvalue weighted by atomic mass is 16.2. The molecule has 2 fully saturated rings. The maximum Gasteiger partial charge on any atom is 0.226 e. The van der Waals surface area contributed by atoms with Crippen LogP contribution in [0.25, 0.3) is 0 Å². The Morgan fingerprint density at radius 3 is 2.71 bits per heavy atom. The van der Waals surface area contributed by atoms with Gasteiger partial charge in [-0.3, -0.25) is 9.59 Å². The van der Waals surface area contributed by atoms with Gasteiger partial charge >= 0.3 is 0 Å². The first kappa shape index (κ1) is 14.1. The summed E-state index contributed by atoms with van der Waals surface area (Å²) in [5.74, 6) is 1.01. The molecule has 1 saturated heterocycles. The van der Waals surface area contributed by atoms with E-state index in [2.05, 4.69) is 5.32 Å². The van der Waals surface area contributed by atoms with Gasteiger partial charge in [0.25, 0.3) is 0 Å². The molecule has 4 heteroatoms. The van der Waals surface area contributed by atoms with E-state index in [1.54, 1.807) is 0 Å². The predicted molar refractivity (Wildman–Crippen MR) is 81.7 cm³/mol. The van der Waals surface area contributed by atoms with E-state index >= 15 is 0 Å². The van der Waals surface area contributed by atoms with E-state index in [0.717, 1.165) is 18.7 Å². The lowest BCUT2D eigenvalue weighted by molar-refractivity contribution is -0.131. The predicted octanol–water partition coefficient (Wildman–Crippen LogP) is 2.66. The van der Waals surface area contributed by atoms with Crippen molar-refractivity contribution in [2.45, 2.75) is 32.1 Å². The molecule has 1 aromatic rings. The molecule has 1 saturated carbocycles. The smallest absolute Gasteiger partial charge is 0.226 e. The quantitative estimate of drug-likeness (QED) is 0.925. The molecule has 1 aliphatic carbocycles. The van der Waals surface area contributed by atoms with Gasteiger partial charge in [-0.15, -0.1) is 0 Å². The van der Waals surface area contributed by atoms with Gasteiger partial charge in [-0.1, -0.05) is 31.0 Å². The highest BCUT2D eigenvalue weighted by molar-refractivity contribution is 5.91. The Bertz CT molecular complexity index is 515. The monoisotopic (exact) mass is 286 g/mol. The molecule has 2 amide bonds. The van der Waals surface area contributed by atoms with E-state index in [4.69, 9.17) is 0 Å². The summed E-state index contributed by atoms with van der Waals surface area (Å²) in [4.78, 5) is 26.1. The number of nitrogens with one attached hydrogen (secondary N) is 1. The molecule has 3 rings (SSSR count). The zero-order valence-corrected chi connectivity index (χ0v) is 12.3. The summed E-state index contributed by atoms with van der Waals surface area (Å²) in [5.41, 5.74) is 0.809. The molecule has 1 heterocycles. The molecule has 0 bridgehead atoms. The molecular formula is C17H22N2O2. The minimum Gasteiger partial charge on any atom is -0.342 e. The Kier molecular flexibility index (Phi) is 4.23. The molecule has 1 aliphatic heterocycles. The van der Waals surface area contributed by atoms with Crippen LogP contribution in [-0.2, 0) is 9.59 Å². The first-order valence-electron chi connectivity index (χ1n) is 7.88. The lowest BCUT2D eigenvalue weighted by atomic mass is 9.81. The van der Waals surface area contributed by atoms with Crippen LogP contribution in [0.2, 0.25) is 0 Å². The van der Waals surface area contributed by atoms with Crippen LogP contribution in [0.1, 0.15) is 32.1 Å². The zero-order valence-electron chi connectivity index (χ0n) is 12.3. The number of hydrogen-bond donors (Lipinski definition) is 1. The van der Waals surface area contributed by atoms with E-state index in [0.29, 0.717) is 18.9 Å². The van der Waals surface area contributed by atoms with Gasteiger partial charge in [0.05, 0.1) is 0 Å². The summed E-state index contributed by atoms with van der Waals surface area (Å²) in [6, 6.07) is 9.44. The summed E-state index contributed by atoms with van der Waals surface area (Å²) in [7, 11) is 0. The maximum absolute atomic E-state index is 12.3. The highest BCUT2D eigenvalue weighted by Crippen LogP contribution is 2.36. The second kappa shape index (κ2) is 6.29. The van der Waals surface area contributed by atoms with Crippen molar-refractivity contribution in [3.8, 4) is 0 Å². The Morgan fingerprint density at radius 2 is 1.95 bits per heavy atom. The van der Waals surface area contributed by atoms with E-state index in [1.807, 2.05) is 35.2 Å². The number of nitrogens with zero attached hydrogens (tertiary/aromatic N) is 1. The number of carbonyl (C=O) groups excluding carboxylic acids is 2. The summed E-state index contributed by atoms with van der Waals surface area (Å²) < 4.78 is 0. The molecule has 1 aromatic carbocycles. The third-order valence-electron chi connectivity index (χ3n) is 4.66. The van der Waals surface area contributed by atoms with Crippen LogP contribution in [0.3, 0.4) is 0 Å². The minimum absolute atomic E-state index is 0.0242. The highest BCUT2D eigenvalue weighted by Gasteiger charge is 2.40. The van der Waals surface area contributed by atoms with Crippen molar-refractivity contribution in [3.63, 3.8) is 0 Å². The van der Waals surface area contributed by atoms with Gasteiger partial charge in [-0.05, 0) is 30.9 Å². The fraction of sp³-hybridized carbons (Fsp3) is 0.529. The van der Waals surface area contributed by atoms with Crippen LogP contribution >= 0.6 is 0 Å². The third kappa shape index (κ3) is 3.26. The second-order valence-corrected chi connectivity index (χ2v) is 6.10. The molecular weight excluding hydrogens is 264 g/mol. The molecule has 0 radical (unpaired) electrons. The number of rotatable bonds is 4. The second-order valence-electron chi connectivity index (χ2n) is 6.10. The van der Waals surface area contributed by atoms with Crippen molar-refractivity contribution in [1.82, 2.24) is 4.90 Å². The molecule has 0 spiro atoms. The SMILES string of the molecule is O=C(CCN1CC2CCCCC2C1=O)Nc1ccccc1. The third-order valence-corrected chi connectivity index (χ3v) is 4.66. The van der Waals surface area contributed by atoms with E-state index in [-0.39, 0.29) is 17.7 Å². The average Bonchev–Trinajstić information content (AvgIpc) is 2.83. The first-order valence-corrected chi connectivity index (χ1v) is 7.88. The van der Waals surface area contributed by atoms with Crippen LogP contribution in [-0.4, -0.2) is 29.8 Å². The summed E-state index contributed by atoms with van der Waals surface area (Å²) in [6.45, 7) is 1.40. The largest absolute Gasteiger partial charge is 0.342 e. The van der Waals surface area contributed by atoms with Gasteiger partial charge in [0.1, 0.15) is 0 Å². The number of likely N-dealkylation sites (tertiary alicyclic amines) is 1. The maximum atomic E-state index is 12.3. The molecule has 2 atom stereocenters. The summed E-state index contributed by atoms with van der Waals surface area (Å²) in [6.07, 6.45) is 5.01. The van der Waals surface area contributed by atoms with E-state index in [1.165, 1.54) is 19.3 Å². The Balaban J connectivity index is 1.49. The minimum atomic E-state index is -0.0242. The van der Waals surface area contributed by atoms with Gasteiger partial charge in [-0.25, -0.2) is 0 Å². The van der Waals surface area contributed by atoms with Gasteiger partial charge < -0.3 is 10.2 Å². The number of para-hydroxylation sites is 1. The molecule has 4 nitrogen and oxygen atoms in total. The summed E-state index contributed by atoms with van der Waals surface area (Å²) >= 11 is 0. The van der Waals surface area contributed by atoms with E-state index in [9.17, 15) is 9.59 Å². The Morgan fingerprint density at radius 1 is 1.19 bits per heavy atom. The number of fused-ring (bicyclic) bond motifs is 1. The average molecular weight is 286 g/mol. The number of amides is 2. The van der Waals surface area contributed by atoms with Crippen LogP contribution in [0, 0.1) is 11.8 Å². The molecule has 1 N–H and O–H groups in total. The number of hydrogen-bond acceptors (Lipinski definition) is 2. The fourth-order valence-corrected chi connectivity index (χ4v) is 3.54. The van der Waals surface area contributed by atoms with Crippen molar-refractivity contribution in [2.24, 2.45) is 11.8 Å². The van der Waals surface area contributed by atoms with Crippen LogP contribution < -0.4 is 5.32 Å². The lowest BCUT2D eigenvalue weighted by Gasteiger charge is -2.21. The fourth-order valence-electron chi connectivity index (χ4n) is 3.54. The van der Waals surface area contributed by atoms with Crippen LogP contribution in [0.5, 0.6) is 0 Å². The van der Waals surface area contributed by atoms with Crippen molar-refractivity contribution >= 4 is 17.5 Å². The van der Waals surface area contributed by atoms with Gasteiger partial charge in [0.2, 0.25) is 11.8 Å². The molecule has 2 unspecified atom stereocenters. The first-order chi connectivity index (χ1) is 10.2. The van der Waals surface area contributed by atoms with Crippen molar-refractivity contribution < 1.29 is 9.59 Å². The van der Waals surface area contributed by atoms with Gasteiger partial charge in [0.15, 0.2) is 0 Å². The number of carbonyl (C=O) groups is 2. The van der Waals surface area contributed by atoms with Crippen LogP contribution in [0.4, 0.5) is 5.69 Å². The zero-order chi connectivity index (χ0) is 14.7. The number of anilines is 1. The normalized spacial score (nSPS) is 24.8. The Hall–Kier alpha value is -1.84. The molecule has 21 heavy (non-hydrogen) atoms. The Labute approximate surface area is 125 Å². The topological polar surface area (TPSA) is 49.4 Å². The van der Waals surface area contributed by atoms with Crippen LogP contribution in [0.15, 0.2) is 30.3 Å². The van der Waals surface area contributed by atoms with Gasteiger partial charge in [0, 0.05) is 31.1 Å². The van der Waals surface area contributed by atoms with E-state index < -0.39 is 0 Å². The molecule has 112 valence electrons. The van der Waals surface area contributed by atoms with Crippen molar-refractivity contribution in [1.29, 1.82) is 0 Å². The molecule has 2 aliphatic rings. The molecule has 0 aromatic heterocycles. The number of benzene rings is 1. The standard InChI is InChI=1S/C17H22N2O2/c20-16(18-14-7-2-1-3-8-14)10-11-19-12-13-6-4-5-9-15(13)17(19)21/h1-3,7-8,13,15H,4-6,9-12H2,(H,18,20). The van der Waals surface area contributed by atoms with Gasteiger partial charge in [-0.2, -0.15) is 0 Å². The summed E-state index contributed by atoms with van der Waals surface area (Å²) in [5, 5.41) is 2.87. The van der Waals surface area contributed by atoms with Crippen molar-refractivity contribution in [3.05, 3.63) is 30.3 Å². The lowest BCUT2D eigenvalue weighted by Crippen LogP contribution is -2.30.